The van der Waals surface area contributed by atoms with Crippen LogP contribution in [-0.4, -0.2) is 43.9 Å². The van der Waals surface area contributed by atoms with E-state index in [-0.39, 0.29) is 30.8 Å². The van der Waals surface area contributed by atoms with Crippen molar-refractivity contribution in [1.29, 1.82) is 0 Å². The van der Waals surface area contributed by atoms with Gasteiger partial charge in [-0.2, -0.15) is 0 Å². The van der Waals surface area contributed by atoms with Gasteiger partial charge in [0.1, 0.15) is 0 Å². The van der Waals surface area contributed by atoms with Gasteiger partial charge in [-0.3, -0.25) is 9.59 Å². The number of hydrogen-bond acceptors (Lipinski definition) is 4. The zero-order valence-corrected chi connectivity index (χ0v) is 8.62. The van der Waals surface area contributed by atoms with E-state index in [1.807, 2.05) is 0 Å². The Labute approximate surface area is 83.4 Å². The number of nitrogens with one attached hydrogen (secondary N) is 1. The van der Waals surface area contributed by atoms with E-state index in [9.17, 15) is 9.59 Å². The first-order valence-electron chi connectivity index (χ1n) is 4.57. The molecule has 14 heavy (non-hydrogen) atoms. The van der Waals surface area contributed by atoms with Crippen LogP contribution in [0.25, 0.3) is 0 Å². The summed E-state index contributed by atoms with van der Waals surface area (Å²) in [7, 11) is 1.75. The molecule has 0 aliphatic heterocycles. The summed E-state index contributed by atoms with van der Waals surface area (Å²) in [6.45, 7) is 1.74. The number of quaternary nitrogens is 1. The second-order valence-electron chi connectivity index (χ2n) is 3.08. The van der Waals surface area contributed by atoms with Gasteiger partial charge >= 0.3 is 0 Å². The van der Waals surface area contributed by atoms with Crippen molar-refractivity contribution in [2.45, 2.75) is 19.0 Å². The molecule has 2 unspecified atom stereocenters. The molecule has 0 saturated heterocycles. The monoisotopic (exact) mass is 203 g/mol. The number of Topliss-reactive ketones (excluding diaryl/α,β-unsaturated/α-hetero) is 1. The number of carbonyl (C=O) groups is 2. The van der Waals surface area contributed by atoms with Crippen LogP contribution in [0.3, 0.4) is 0 Å². The summed E-state index contributed by atoms with van der Waals surface area (Å²) >= 11 is 0. The summed E-state index contributed by atoms with van der Waals surface area (Å²) in [5, 5.41) is 4.24. The smallest absolute Gasteiger partial charge is 0.280 e. The highest BCUT2D eigenvalue weighted by atomic mass is 16.2. The fraction of sp³-hybridized carbons (Fsp3) is 0.750. The quantitative estimate of drug-likeness (QED) is 0.359. The Kier molecular flexibility index (Phi) is 6.02. The SMILES string of the molecule is C[NH2+]C(CN)C(=O)NC(CN)C(C)=O. The van der Waals surface area contributed by atoms with Crippen LogP contribution in [0.4, 0.5) is 0 Å². The second-order valence-corrected chi connectivity index (χ2v) is 3.08. The van der Waals surface area contributed by atoms with Crippen LogP contribution in [0.5, 0.6) is 0 Å². The molecule has 0 aliphatic carbocycles. The Morgan fingerprint density at radius 2 is 1.93 bits per heavy atom. The number of amides is 1. The summed E-state index contributed by atoms with van der Waals surface area (Å²) in [6, 6.07) is -0.958. The molecule has 0 aromatic heterocycles. The molecule has 6 nitrogen and oxygen atoms in total. The lowest BCUT2D eigenvalue weighted by Crippen LogP contribution is -2.91. The van der Waals surface area contributed by atoms with Gasteiger partial charge in [-0.1, -0.05) is 0 Å². The first-order valence-corrected chi connectivity index (χ1v) is 4.57. The van der Waals surface area contributed by atoms with Gasteiger partial charge in [-0.15, -0.1) is 0 Å². The van der Waals surface area contributed by atoms with E-state index in [1.165, 1.54) is 6.92 Å². The standard InChI is InChI=1S/C8H18N4O2/c1-5(13)6(3-9)12-8(14)7(4-10)11-2/h6-7,11H,3-4,9-10H2,1-2H3,(H,12,14)/p+1. The summed E-state index contributed by atoms with van der Waals surface area (Å²) in [5.74, 6) is -0.395. The van der Waals surface area contributed by atoms with E-state index in [0.717, 1.165) is 0 Å². The highest BCUT2D eigenvalue weighted by molar-refractivity contribution is 5.89. The number of hydrogen-bond donors (Lipinski definition) is 4. The first-order chi connectivity index (χ1) is 6.56. The predicted octanol–water partition coefficient (Wildman–Crippen LogP) is -3.46. The zero-order valence-electron chi connectivity index (χ0n) is 8.62. The van der Waals surface area contributed by atoms with Crippen molar-refractivity contribution in [2.24, 2.45) is 11.5 Å². The molecular formula is C8H19N4O2+. The minimum atomic E-state index is -0.600. The molecule has 0 aliphatic rings. The number of nitrogens with two attached hydrogens (primary N) is 3. The van der Waals surface area contributed by atoms with Crippen molar-refractivity contribution in [1.82, 2.24) is 5.32 Å². The minimum Gasteiger partial charge on any atom is -0.340 e. The Morgan fingerprint density at radius 1 is 1.36 bits per heavy atom. The summed E-state index contributed by atoms with van der Waals surface area (Å²) in [5.41, 5.74) is 10.7. The minimum absolute atomic E-state index is 0.113. The van der Waals surface area contributed by atoms with Gasteiger partial charge in [0.2, 0.25) is 0 Å². The molecule has 0 radical (unpaired) electrons. The normalized spacial score (nSPS) is 14.6. The number of likely N-dealkylation sites (N-methyl/N-ethyl adjacent to an activating group) is 1. The molecule has 0 aromatic carbocycles. The Balaban J connectivity index is 4.20. The van der Waals surface area contributed by atoms with Crippen LogP contribution in [0, 0.1) is 0 Å². The van der Waals surface area contributed by atoms with Crippen LogP contribution in [0.15, 0.2) is 0 Å². The van der Waals surface area contributed by atoms with E-state index in [2.05, 4.69) is 5.32 Å². The average molecular weight is 203 g/mol. The van der Waals surface area contributed by atoms with E-state index in [0.29, 0.717) is 0 Å². The maximum Gasteiger partial charge on any atom is 0.280 e. The molecule has 0 spiro atoms. The third-order valence-electron chi connectivity index (χ3n) is 2.04. The molecule has 1 amide bonds. The molecule has 7 N–H and O–H groups in total. The van der Waals surface area contributed by atoms with Crippen LogP contribution >= 0.6 is 0 Å². The molecule has 0 rings (SSSR count). The van der Waals surface area contributed by atoms with Crippen molar-refractivity contribution < 1.29 is 14.9 Å². The molecule has 6 heteroatoms. The van der Waals surface area contributed by atoms with E-state index >= 15 is 0 Å². The predicted molar refractivity (Wildman–Crippen MR) is 52.4 cm³/mol. The van der Waals surface area contributed by atoms with Gasteiger partial charge in [0.05, 0.1) is 19.6 Å². The molecule has 0 heterocycles. The highest BCUT2D eigenvalue weighted by Crippen LogP contribution is 1.84. The Bertz CT molecular complexity index is 204. The molecule has 82 valence electrons. The molecule has 2 atom stereocenters. The van der Waals surface area contributed by atoms with Gasteiger partial charge in [-0.05, 0) is 6.92 Å². The van der Waals surface area contributed by atoms with E-state index in [4.69, 9.17) is 11.5 Å². The third-order valence-corrected chi connectivity index (χ3v) is 2.04. The maximum absolute atomic E-state index is 11.4. The number of rotatable bonds is 6. The summed E-state index contributed by atoms with van der Waals surface area (Å²) in [6.07, 6.45) is 0. The molecular weight excluding hydrogens is 184 g/mol. The highest BCUT2D eigenvalue weighted by Gasteiger charge is 2.22. The average Bonchev–Trinajstić information content (AvgIpc) is 2.15. The number of carbonyl (C=O) groups excluding carboxylic acids is 2. The first kappa shape index (κ1) is 13.0. The van der Waals surface area contributed by atoms with Crippen LogP contribution in [0.2, 0.25) is 0 Å². The van der Waals surface area contributed by atoms with Gasteiger partial charge in [-0.25, -0.2) is 0 Å². The lowest BCUT2D eigenvalue weighted by Gasteiger charge is -2.16. The van der Waals surface area contributed by atoms with Crippen molar-refractivity contribution >= 4 is 11.7 Å². The van der Waals surface area contributed by atoms with Gasteiger partial charge in [0.25, 0.3) is 5.91 Å². The van der Waals surface area contributed by atoms with Gasteiger partial charge in [0, 0.05) is 6.54 Å². The molecule has 0 aromatic rings. The van der Waals surface area contributed by atoms with Crippen LogP contribution in [-0.2, 0) is 9.59 Å². The largest absolute Gasteiger partial charge is 0.340 e. The Hall–Kier alpha value is -0.980. The summed E-state index contributed by atoms with van der Waals surface area (Å²) in [4.78, 5) is 22.4. The molecule has 0 fully saturated rings. The van der Waals surface area contributed by atoms with Crippen molar-refractivity contribution in [3.63, 3.8) is 0 Å². The van der Waals surface area contributed by atoms with Crippen molar-refractivity contribution in [2.75, 3.05) is 20.1 Å². The lowest BCUT2D eigenvalue weighted by atomic mass is 10.2. The van der Waals surface area contributed by atoms with Crippen molar-refractivity contribution in [3.05, 3.63) is 0 Å². The maximum atomic E-state index is 11.4. The lowest BCUT2D eigenvalue weighted by molar-refractivity contribution is -0.647. The third kappa shape index (κ3) is 3.82. The second kappa shape index (κ2) is 6.47. The zero-order chi connectivity index (χ0) is 11.1. The number of ketones is 1. The van der Waals surface area contributed by atoms with Crippen LogP contribution < -0.4 is 22.1 Å². The van der Waals surface area contributed by atoms with E-state index in [1.54, 1.807) is 12.4 Å². The van der Waals surface area contributed by atoms with Gasteiger partial charge in [0.15, 0.2) is 11.8 Å². The van der Waals surface area contributed by atoms with Crippen molar-refractivity contribution in [3.8, 4) is 0 Å². The fourth-order valence-electron chi connectivity index (χ4n) is 1.000. The fourth-order valence-corrected chi connectivity index (χ4v) is 1.000. The van der Waals surface area contributed by atoms with Crippen LogP contribution in [0.1, 0.15) is 6.92 Å². The Morgan fingerprint density at radius 3 is 2.21 bits per heavy atom. The topological polar surface area (TPSA) is 115 Å². The summed E-state index contributed by atoms with van der Waals surface area (Å²) < 4.78 is 0. The molecule has 0 bridgehead atoms. The van der Waals surface area contributed by atoms with Gasteiger partial charge < -0.3 is 22.1 Å². The van der Waals surface area contributed by atoms with E-state index < -0.39 is 6.04 Å². The molecule has 0 saturated carbocycles.